The van der Waals surface area contributed by atoms with E-state index in [9.17, 15) is 35.1 Å². The molecule has 1 aromatic heterocycles. The minimum Gasteiger partial charge on any atom is -0.462 e. The van der Waals surface area contributed by atoms with Gasteiger partial charge in [0.25, 0.3) is 0 Å². The van der Waals surface area contributed by atoms with Crippen LogP contribution in [-0.2, 0) is 19.0 Å². The predicted molar refractivity (Wildman–Crippen MR) is 124 cm³/mol. The summed E-state index contributed by atoms with van der Waals surface area (Å²) in [4.78, 5) is 23.9. The third-order valence-electron chi connectivity index (χ3n) is 6.50. The van der Waals surface area contributed by atoms with Crippen molar-refractivity contribution in [1.82, 2.24) is 5.32 Å². The molecule has 13 heteroatoms. The van der Waals surface area contributed by atoms with Crippen molar-refractivity contribution in [1.29, 1.82) is 0 Å². The zero-order valence-electron chi connectivity index (χ0n) is 20.4. The minimum absolute atomic E-state index is 0.189. The number of aliphatic hydroxyl groups is 5. The van der Waals surface area contributed by atoms with Crippen LogP contribution in [-0.4, -0.2) is 99.4 Å². The second-order valence-corrected chi connectivity index (χ2v) is 9.25. The number of hydrogen-bond donors (Lipinski definition) is 6. The van der Waals surface area contributed by atoms with Crippen LogP contribution in [0.15, 0.2) is 33.5 Å². The van der Waals surface area contributed by atoms with Crippen LogP contribution in [0, 0.1) is 6.92 Å². The van der Waals surface area contributed by atoms with Crippen molar-refractivity contribution >= 4 is 16.9 Å². The number of carbonyl (C=O) groups excluding carboxylic acids is 1. The Labute approximate surface area is 211 Å². The molecule has 0 radical (unpaired) electrons. The summed E-state index contributed by atoms with van der Waals surface area (Å²) < 4.78 is 28.2. The Bertz CT molecular complexity index is 1170. The van der Waals surface area contributed by atoms with Crippen molar-refractivity contribution in [3.8, 4) is 5.75 Å². The van der Waals surface area contributed by atoms with Crippen molar-refractivity contribution in [2.24, 2.45) is 0 Å². The van der Waals surface area contributed by atoms with Crippen molar-refractivity contribution in [2.75, 3.05) is 6.61 Å². The number of amides is 1. The number of carbonyl (C=O) groups is 1. The van der Waals surface area contributed by atoms with E-state index in [2.05, 4.69) is 5.32 Å². The van der Waals surface area contributed by atoms with Crippen molar-refractivity contribution in [3.63, 3.8) is 0 Å². The largest absolute Gasteiger partial charge is 0.462 e. The number of benzene rings is 1. The highest BCUT2D eigenvalue weighted by atomic mass is 16.7. The summed E-state index contributed by atoms with van der Waals surface area (Å²) in [6, 6.07) is 4.89. The first-order valence-corrected chi connectivity index (χ1v) is 11.8. The van der Waals surface area contributed by atoms with E-state index in [-0.39, 0.29) is 11.3 Å². The Morgan fingerprint density at radius 2 is 1.76 bits per heavy atom. The van der Waals surface area contributed by atoms with Crippen molar-refractivity contribution < 1.29 is 53.7 Å². The van der Waals surface area contributed by atoms with E-state index >= 15 is 0 Å². The Morgan fingerprint density at radius 3 is 2.43 bits per heavy atom. The highest BCUT2D eigenvalue weighted by Crippen LogP contribution is 2.31. The second-order valence-electron chi connectivity index (χ2n) is 9.25. The van der Waals surface area contributed by atoms with Gasteiger partial charge in [-0.15, -0.1) is 0 Å². The zero-order chi connectivity index (χ0) is 27.0. The Kier molecular flexibility index (Phi) is 8.16. The van der Waals surface area contributed by atoms with E-state index in [1.54, 1.807) is 19.1 Å². The van der Waals surface area contributed by atoms with E-state index in [1.807, 2.05) is 0 Å². The summed E-state index contributed by atoms with van der Waals surface area (Å²) >= 11 is 0. The Hall–Kier alpha value is -2.62. The fourth-order valence-corrected chi connectivity index (χ4v) is 4.51. The maximum absolute atomic E-state index is 12.1. The van der Waals surface area contributed by atoms with Gasteiger partial charge in [0.2, 0.25) is 12.2 Å². The second kappa shape index (κ2) is 11.0. The summed E-state index contributed by atoms with van der Waals surface area (Å²) in [5.74, 6) is -0.339. The lowest BCUT2D eigenvalue weighted by Gasteiger charge is -2.47. The highest BCUT2D eigenvalue weighted by molar-refractivity contribution is 5.81. The van der Waals surface area contributed by atoms with Gasteiger partial charge in [0.1, 0.15) is 54.0 Å². The third-order valence-corrected chi connectivity index (χ3v) is 6.50. The average molecular weight is 526 g/mol. The lowest BCUT2D eigenvalue weighted by atomic mass is 9.95. The molecule has 2 fully saturated rings. The lowest BCUT2D eigenvalue weighted by molar-refractivity contribution is -0.335. The molecule has 4 rings (SSSR count). The standard InChI is InChI=1S/C24H31NO12/c1-9-6-16(28)35-14-7-12(4-5-13(9)14)34-23-17(25-11(3)27)22(19(30)15(8-26)36-23)37-24-21(32)20(31)18(29)10(2)33-24/h4-7,10,15,17-24,26,29-32H,8H2,1-3H3,(H,25,27). The van der Waals surface area contributed by atoms with Gasteiger partial charge in [-0.3, -0.25) is 4.79 Å². The first-order chi connectivity index (χ1) is 17.5. The van der Waals surface area contributed by atoms with Gasteiger partial charge in [0.15, 0.2) is 6.29 Å². The van der Waals surface area contributed by atoms with Crippen molar-refractivity contribution in [2.45, 2.75) is 82.1 Å². The number of ether oxygens (including phenoxy) is 4. The van der Waals surface area contributed by atoms with Crippen LogP contribution in [0.1, 0.15) is 19.4 Å². The molecular formula is C24H31NO12. The van der Waals surface area contributed by atoms with Crippen LogP contribution in [0.5, 0.6) is 5.75 Å². The molecule has 10 atom stereocenters. The molecule has 37 heavy (non-hydrogen) atoms. The van der Waals surface area contributed by atoms with Gasteiger partial charge in [-0.2, -0.15) is 0 Å². The highest BCUT2D eigenvalue weighted by Gasteiger charge is 2.51. The van der Waals surface area contributed by atoms with Gasteiger partial charge in [-0.25, -0.2) is 4.79 Å². The molecular weight excluding hydrogens is 494 g/mol. The topological polar surface area (TPSA) is 197 Å². The Balaban J connectivity index is 1.65. The molecule has 0 bridgehead atoms. The molecule has 3 heterocycles. The number of hydrogen-bond acceptors (Lipinski definition) is 12. The van der Waals surface area contributed by atoms with Crippen LogP contribution in [0.2, 0.25) is 0 Å². The smallest absolute Gasteiger partial charge is 0.336 e. The average Bonchev–Trinajstić information content (AvgIpc) is 2.84. The number of fused-ring (bicyclic) bond motifs is 1. The van der Waals surface area contributed by atoms with E-state index in [4.69, 9.17) is 23.4 Å². The van der Waals surface area contributed by atoms with Crippen LogP contribution < -0.4 is 15.7 Å². The molecule has 0 spiro atoms. The molecule has 204 valence electrons. The summed E-state index contributed by atoms with van der Waals surface area (Å²) in [5, 5.41) is 54.5. The summed E-state index contributed by atoms with van der Waals surface area (Å²) in [6.45, 7) is 3.79. The molecule has 2 aliphatic heterocycles. The van der Waals surface area contributed by atoms with E-state index in [1.165, 1.54) is 26.0 Å². The Morgan fingerprint density at radius 1 is 1.03 bits per heavy atom. The zero-order valence-corrected chi connectivity index (χ0v) is 20.4. The summed E-state index contributed by atoms with van der Waals surface area (Å²) in [5.41, 5.74) is 0.408. The summed E-state index contributed by atoms with van der Waals surface area (Å²) in [6.07, 6.45) is -12.5. The number of aliphatic hydroxyl groups excluding tert-OH is 5. The SMILES string of the molecule is CC(=O)NC1C(Oc2ccc3c(C)cc(=O)oc3c2)OC(CO)C(O)C1OC1OC(C)C(O)C(O)C1O. The van der Waals surface area contributed by atoms with Gasteiger partial charge in [-0.05, 0) is 31.5 Å². The van der Waals surface area contributed by atoms with Gasteiger partial charge in [0, 0.05) is 24.4 Å². The fraction of sp³-hybridized carbons (Fsp3) is 0.583. The molecule has 6 N–H and O–H groups in total. The normalized spacial score (nSPS) is 36.3. The number of aryl methyl sites for hydroxylation is 1. The van der Waals surface area contributed by atoms with Crippen molar-refractivity contribution in [3.05, 3.63) is 40.2 Å². The maximum Gasteiger partial charge on any atom is 0.336 e. The molecule has 13 nitrogen and oxygen atoms in total. The minimum atomic E-state index is -1.68. The molecule has 1 amide bonds. The van der Waals surface area contributed by atoms with Crippen LogP contribution in [0.3, 0.4) is 0 Å². The van der Waals surface area contributed by atoms with E-state index in [0.717, 1.165) is 0 Å². The van der Waals surface area contributed by atoms with Gasteiger partial charge in [-0.1, -0.05) is 0 Å². The summed E-state index contributed by atoms with van der Waals surface area (Å²) in [7, 11) is 0. The molecule has 0 aliphatic carbocycles. The maximum atomic E-state index is 12.1. The third kappa shape index (κ3) is 5.63. The molecule has 10 unspecified atom stereocenters. The molecule has 1 aromatic carbocycles. The lowest BCUT2D eigenvalue weighted by Crippen LogP contribution is -2.68. The number of rotatable bonds is 6. The molecule has 2 aromatic rings. The van der Waals surface area contributed by atoms with Gasteiger partial charge in [0.05, 0.1) is 12.7 Å². The first-order valence-electron chi connectivity index (χ1n) is 11.8. The number of nitrogens with one attached hydrogen (secondary N) is 1. The predicted octanol–water partition coefficient (Wildman–Crippen LogP) is -1.72. The van der Waals surface area contributed by atoms with Crippen LogP contribution in [0.4, 0.5) is 0 Å². The van der Waals surface area contributed by atoms with Gasteiger partial charge >= 0.3 is 5.63 Å². The molecule has 2 aliphatic rings. The monoisotopic (exact) mass is 525 g/mol. The quantitative estimate of drug-likeness (QED) is 0.234. The molecule has 0 saturated carbocycles. The molecule has 2 saturated heterocycles. The van der Waals surface area contributed by atoms with Crippen LogP contribution in [0.25, 0.3) is 11.0 Å². The van der Waals surface area contributed by atoms with E-state index in [0.29, 0.717) is 10.9 Å². The van der Waals surface area contributed by atoms with Crippen LogP contribution >= 0.6 is 0 Å². The first kappa shape index (κ1) is 27.4. The van der Waals surface area contributed by atoms with Gasteiger partial charge < -0.3 is 54.2 Å². The fourth-order valence-electron chi connectivity index (χ4n) is 4.51. The van der Waals surface area contributed by atoms with E-state index < -0.39 is 79.5 Å².